The van der Waals surface area contributed by atoms with Crippen LogP contribution in [0.4, 0.5) is 0 Å². The lowest BCUT2D eigenvalue weighted by Gasteiger charge is -2.26. The Bertz CT molecular complexity index is 301. The van der Waals surface area contributed by atoms with Crippen molar-refractivity contribution in [1.82, 2.24) is 0 Å². The van der Waals surface area contributed by atoms with Crippen LogP contribution < -0.4 is 0 Å². The van der Waals surface area contributed by atoms with Crippen molar-refractivity contribution >= 4 is 11.9 Å². The fourth-order valence-corrected chi connectivity index (χ4v) is 2.44. The molecule has 1 heterocycles. The third-order valence-electron chi connectivity index (χ3n) is 3.37. The number of aliphatic carboxylic acids is 1. The largest absolute Gasteiger partial charge is 0.481 e. The first-order valence-electron chi connectivity index (χ1n) is 4.99. The second-order valence-electron chi connectivity index (χ2n) is 4.51. The van der Waals surface area contributed by atoms with Crippen LogP contribution in [0.2, 0.25) is 0 Å². The highest BCUT2D eigenvalue weighted by Gasteiger charge is 2.60. The lowest BCUT2D eigenvalue weighted by molar-refractivity contribution is -0.155. The molecule has 0 amide bonds. The maximum absolute atomic E-state index is 11.1. The first-order valence-corrected chi connectivity index (χ1v) is 4.99. The van der Waals surface area contributed by atoms with Gasteiger partial charge < -0.3 is 14.6 Å². The van der Waals surface area contributed by atoms with Crippen molar-refractivity contribution in [3.05, 3.63) is 0 Å². The van der Waals surface area contributed by atoms with E-state index in [1.54, 1.807) is 0 Å². The number of hydrogen-bond donors (Lipinski definition) is 1. The van der Waals surface area contributed by atoms with E-state index in [1.807, 2.05) is 0 Å². The predicted octanol–water partition coefficient (Wildman–Crippen LogP) is 0.573. The molecule has 5 nitrogen and oxygen atoms in total. The SMILES string of the molecule is CC(=O)OCC12CCC(C(=O)O)(CO1)C2. The van der Waals surface area contributed by atoms with Crippen LogP contribution >= 0.6 is 0 Å². The summed E-state index contributed by atoms with van der Waals surface area (Å²) < 4.78 is 10.4. The molecule has 0 aromatic carbocycles. The van der Waals surface area contributed by atoms with Gasteiger partial charge >= 0.3 is 11.9 Å². The van der Waals surface area contributed by atoms with Gasteiger partial charge in [0.1, 0.15) is 12.2 Å². The second kappa shape index (κ2) is 3.20. The van der Waals surface area contributed by atoms with Crippen molar-refractivity contribution in [3.63, 3.8) is 0 Å². The molecule has 2 unspecified atom stereocenters. The normalized spacial score (nSPS) is 37.9. The minimum Gasteiger partial charge on any atom is -0.481 e. The van der Waals surface area contributed by atoms with Gasteiger partial charge in [-0.15, -0.1) is 0 Å². The van der Waals surface area contributed by atoms with E-state index in [1.165, 1.54) is 6.92 Å². The van der Waals surface area contributed by atoms with E-state index in [4.69, 9.17) is 14.6 Å². The average Bonchev–Trinajstić information content (AvgIpc) is 2.72. The zero-order chi connectivity index (χ0) is 11.1. The number of hydrogen-bond acceptors (Lipinski definition) is 4. The highest BCUT2D eigenvalue weighted by Crippen LogP contribution is 2.53. The number of esters is 1. The summed E-state index contributed by atoms with van der Waals surface area (Å²) in [5, 5.41) is 9.09. The van der Waals surface area contributed by atoms with Gasteiger partial charge in [-0.1, -0.05) is 0 Å². The summed E-state index contributed by atoms with van der Waals surface area (Å²) in [6, 6.07) is 0. The van der Waals surface area contributed by atoms with E-state index in [2.05, 4.69) is 0 Å². The van der Waals surface area contributed by atoms with Crippen LogP contribution in [-0.4, -0.2) is 35.9 Å². The number of ether oxygens (including phenoxy) is 2. The Kier molecular flexibility index (Phi) is 2.22. The van der Waals surface area contributed by atoms with Gasteiger partial charge in [-0.05, 0) is 19.3 Å². The minimum atomic E-state index is -0.801. The van der Waals surface area contributed by atoms with Gasteiger partial charge in [0.2, 0.25) is 0 Å². The van der Waals surface area contributed by atoms with Crippen molar-refractivity contribution in [1.29, 1.82) is 0 Å². The Balaban J connectivity index is 2.04. The van der Waals surface area contributed by atoms with Crippen molar-refractivity contribution in [3.8, 4) is 0 Å². The van der Waals surface area contributed by atoms with E-state index in [0.717, 1.165) is 0 Å². The summed E-state index contributed by atoms with van der Waals surface area (Å²) >= 11 is 0. The Labute approximate surface area is 87.4 Å². The highest BCUT2D eigenvalue weighted by atomic mass is 16.6. The molecule has 2 bridgehead atoms. The monoisotopic (exact) mass is 214 g/mol. The lowest BCUT2D eigenvalue weighted by atomic mass is 9.88. The molecule has 15 heavy (non-hydrogen) atoms. The summed E-state index contributed by atoms with van der Waals surface area (Å²) in [5.74, 6) is -1.16. The number of carboxylic acid groups (broad SMARTS) is 1. The third kappa shape index (κ3) is 1.61. The molecular weight excluding hydrogens is 200 g/mol. The van der Waals surface area contributed by atoms with Crippen molar-refractivity contribution in [2.45, 2.75) is 31.8 Å². The van der Waals surface area contributed by atoms with Gasteiger partial charge in [0.05, 0.1) is 12.0 Å². The Morgan fingerprint density at radius 1 is 1.47 bits per heavy atom. The Morgan fingerprint density at radius 2 is 2.20 bits per heavy atom. The zero-order valence-corrected chi connectivity index (χ0v) is 8.62. The number of carboxylic acids is 1. The fraction of sp³-hybridized carbons (Fsp3) is 0.800. The molecule has 2 atom stereocenters. The van der Waals surface area contributed by atoms with E-state index in [9.17, 15) is 9.59 Å². The molecule has 1 N–H and O–H groups in total. The molecule has 1 saturated carbocycles. The summed E-state index contributed by atoms with van der Waals surface area (Å²) in [4.78, 5) is 21.8. The smallest absolute Gasteiger partial charge is 0.312 e. The first kappa shape index (κ1) is 10.4. The van der Waals surface area contributed by atoms with Gasteiger partial charge in [-0.25, -0.2) is 0 Å². The van der Waals surface area contributed by atoms with Crippen LogP contribution in [0.3, 0.4) is 0 Å². The van der Waals surface area contributed by atoms with Crippen LogP contribution in [0.5, 0.6) is 0 Å². The second-order valence-corrected chi connectivity index (χ2v) is 4.51. The molecule has 0 spiro atoms. The Morgan fingerprint density at radius 3 is 2.60 bits per heavy atom. The lowest BCUT2D eigenvalue weighted by Crippen LogP contribution is -2.34. The van der Waals surface area contributed by atoms with Crippen LogP contribution in [0.1, 0.15) is 26.2 Å². The highest BCUT2D eigenvalue weighted by molar-refractivity contribution is 5.76. The topological polar surface area (TPSA) is 72.8 Å². The molecule has 0 radical (unpaired) electrons. The van der Waals surface area contributed by atoms with Gasteiger partial charge in [-0.2, -0.15) is 0 Å². The molecule has 2 fully saturated rings. The van der Waals surface area contributed by atoms with Gasteiger partial charge in [-0.3, -0.25) is 9.59 Å². The molecule has 2 rings (SSSR count). The van der Waals surface area contributed by atoms with Crippen LogP contribution in [-0.2, 0) is 19.1 Å². The van der Waals surface area contributed by atoms with E-state index < -0.39 is 17.0 Å². The fourth-order valence-electron chi connectivity index (χ4n) is 2.44. The standard InChI is InChI=1S/C10H14O5/c1-7(11)14-6-10-3-2-9(4-10,5-15-10)8(12)13/h2-6H2,1H3,(H,12,13). The molecule has 1 aliphatic carbocycles. The molecule has 2 aliphatic rings. The van der Waals surface area contributed by atoms with Gasteiger partial charge in [0.25, 0.3) is 0 Å². The predicted molar refractivity (Wildman–Crippen MR) is 49.2 cm³/mol. The molecule has 1 saturated heterocycles. The summed E-state index contributed by atoms with van der Waals surface area (Å²) in [6.07, 6.45) is 1.73. The Hall–Kier alpha value is -1.10. The van der Waals surface area contributed by atoms with Gasteiger partial charge in [0.15, 0.2) is 0 Å². The molecule has 1 aliphatic heterocycles. The van der Waals surface area contributed by atoms with E-state index in [-0.39, 0.29) is 19.2 Å². The third-order valence-corrected chi connectivity index (χ3v) is 3.37. The summed E-state index contributed by atoms with van der Waals surface area (Å²) in [7, 11) is 0. The van der Waals surface area contributed by atoms with Gasteiger partial charge in [0, 0.05) is 6.92 Å². The van der Waals surface area contributed by atoms with Crippen molar-refractivity contribution in [2.24, 2.45) is 5.41 Å². The molecule has 5 heteroatoms. The molecule has 84 valence electrons. The summed E-state index contributed by atoms with van der Waals surface area (Å²) in [5.41, 5.74) is -1.27. The average molecular weight is 214 g/mol. The number of rotatable bonds is 3. The molecular formula is C10H14O5. The zero-order valence-electron chi connectivity index (χ0n) is 8.62. The van der Waals surface area contributed by atoms with Crippen LogP contribution in [0, 0.1) is 5.41 Å². The molecule has 0 aromatic rings. The number of carbonyl (C=O) groups is 2. The number of fused-ring (bicyclic) bond motifs is 2. The quantitative estimate of drug-likeness (QED) is 0.695. The molecule has 0 aromatic heterocycles. The van der Waals surface area contributed by atoms with E-state index in [0.29, 0.717) is 19.3 Å². The first-order chi connectivity index (χ1) is 6.98. The van der Waals surface area contributed by atoms with E-state index >= 15 is 0 Å². The van der Waals surface area contributed by atoms with Crippen LogP contribution in [0.15, 0.2) is 0 Å². The van der Waals surface area contributed by atoms with Crippen LogP contribution in [0.25, 0.3) is 0 Å². The maximum Gasteiger partial charge on any atom is 0.312 e. The minimum absolute atomic E-state index is 0.178. The number of carbonyl (C=O) groups excluding carboxylic acids is 1. The maximum atomic E-state index is 11.1. The van der Waals surface area contributed by atoms with Crippen molar-refractivity contribution in [2.75, 3.05) is 13.2 Å². The summed E-state index contributed by atoms with van der Waals surface area (Å²) in [6.45, 7) is 1.76. The van der Waals surface area contributed by atoms with Crippen molar-refractivity contribution < 1.29 is 24.2 Å².